The summed E-state index contributed by atoms with van der Waals surface area (Å²) in [7, 11) is 2.02. The first kappa shape index (κ1) is 34.5. The van der Waals surface area contributed by atoms with Crippen molar-refractivity contribution in [2.24, 2.45) is 0 Å². The second kappa shape index (κ2) is 13.4. The number of carboxylic acid groups (broad SMARTS) is 1. The number of nitrogens with one attached hydrogen (secondary N) is 1. The van der Waals surface area contributed by atoms with E-state index in [1.807, 2.05) is 51.9 Å². The predicted molar refractivity (Wildman–Crippen MR) is 204 cm³/mol. The summed E-state index contributed by atoms with van der Waals surface area (Å²) in [5.74, 6) is 0.979. The Hall–Kier alpha value is -4.58. The Bertz CT molecular complexity index is 2190. The molecule has 3 aliphatic rings. The molecule has 0 radical (unpaired) electrons. The minimum absolute atomic E-state index is 0.00357. The molecule has 0 fully saturated rings. The summed E-state index contributed by atoms with van der Waals surface area (Å²) < 4.78 is 20.1. The molecule has 1 unspecified atom stereocenters. The van der Waals surface area contributed by atoms with Crippen molar-refractivity contribution in [1.29, 1.82) is 0 Å². The van der Waals surface area contributed by atoms with Gasteiger partial charge in [0.2, 0.25) is 0 Å². The summed E-state index contributed by atoms with van der Waals surface area (Å²) in [6.07, 6.45) is 5.53. The van der Waals surface area contributed by atoms with E-state index in [9.17, 15) is 9.90 Å². The average Bonchev–Trinajstić information content (AvgIpc) is 3.70. The molecular formula is C41H45N5O5S. The van der Waals surface area contributed by atoms with Gasteiger partial charge < -0.3 is 24.3 Å². The first-order valence-electron chi connectivity index (χ1n) is 18.2. The molecule has 3 atom stereocenters. The van der Waals surface area contributed by atoms with Gasteiger partial charge in [0.05, 0.1) is 46.1 Å². The zero-order chi connectivity index (χ0) is 36.3. The van der Waals surface area contributed by atoms with Crippen LogP contribution in [0.15, 0.2) is 48.7 Å². The fraction of sp³-hybridized carbons (Fsp3) is 0.415. The van der Waals surface area contributed by atoms with Gasteiger partial charge in [-0.2, -0.15) is 10.2 Å². The van der Waals surface area contributed by atoms with Crippen molar-refractivity contribution in [3.05, 3.63) is 70.9 Å². The van der Waals surface area contributed by atoms with Crippen molar-refractivity contribution in [3.8, 4) is 44.5 Å². The number of benzene rings is 3. The number of hydrazine groups is 1. The van der Waals surface area contributed by atoms with Gasteiger partial charge in [-0.15, -0.1) is 11.3 Å². The number of ether oxygens (including phenoxy) is 3. The predicted octanol–water partition coefficient (Wildman–Crippen LogP) is 9.00. The van der Waals surface area contributed by atoms with Crippen LogP contribution in [0.25, 0.3) is 43.2 Å². The molecule has 0 spiro atoms. The molecule has 6 bridgehead atoms. The molecule has 0 aliphatic carbocycles. The molecule has 52 heavy (non-hydrogen) atoms. The van der Waals surface area contributed by atoms with Gasteiger partial charge >= 0.3 is 5.97 Å². The molecule has 270 valence electrons. The molecule has 5 heterocycles. The largest absolute Gasteiger partial charge is 0.493 e. The molecule has 2 N–H and O–H groups in total. The third-order valence-corrected chi connectivity index (χ3v) is 11.5. The number of aryl methyl sites for hydroxylation is 1. The molecule has 0 saturated carbocycles. The number of thiazole rings is 1. The van der Waals surface area contributed by atoms with Gasteiger partial charge in [0.15, 0.2) is 6.10 Å². The third kappa shape index (κ3) is 6.50. The van der Waals surface area contributed by atoms with Crippen LogP contribution in [0.3, 0.4) is 0 Å². The number of rotatable bonds is 3. The highest BCUT2D eigenvalue weighted by molar-refractivity contribution is 7.22. The molecule has 10 nitrogen and oxygen atoms in total. The molecule has 8 rings (SSSR count). The van der Waals surface area contributed by atoms with Gasteiger partial charge in [-0.1, -0.05) is 12.5 Å². The second-order valence-corrected chi connectivity index (χ2v) is 16.3. The Labute approximate surface area is 308 Å². The zero-order valence-corrected chi connectivity index (χ0v) is 31.4. The lowest BCUT2D eigenvalue weighted by Gasteiger charge is -2.29. The minimum Gasteiger partial charge on any atom is -0.493 e. The highest BCUT2D eigenvalue weighted by Gasteiger charge is 2.33. The molecule has 0 amide bonds. The summed E-state index contributed by atoms with van der Waals surface area (Å²) in [5.41, 5.74) is 12.6. The number of carbonyl (C=O) groups is 1. The van der Waals surface area contributed by atoms with E-state index in [4.69, 9.17) is 19.2 Å². The maximum atomic E-state index is 13.0. The lowest BCUT2D eigenvalue weighted by Crippen LogP contribution is -2.28. The number of hydrogen-bond donors (Lipinski definition) is 2. The molecule has 2 aromatic heterocycles. The van der Waals surface area contributed by atoms with Crippen LogP contribution < -0.4 is 19.9 Å². The molecule has 0 saturated heterocycles. The fourth-order valence-corrected chi connectivity index (χ4v) is 8.94. The fourth-order valence-electron chi connectivity index (χ4n) is 7.83. The Balaban J connectivity index is 1.36. The SMILES string of the molecule is Cc1cc2nc3sc2c(c1[C@H](OC(C)(C)C)C(=O)O)-c1ccc2c(c1)C(CCCC[C@H](C)Oc1cc4c(cc1-c1cc-3cnn1)CNN4C)CCO2. The van der Waals surface area contributed by atoms with Crippen LogP contribution in [0.2, 0.25) is 0 Å². The summed E-state index contributed by atoms with van der Waals surface area (Å²) in [5, 5.41) is 22.5. The highest BCUT2D eigenvalue weighted by Crippen LogP contribution is 2.47. The first-order chi connectivity index (χ1) is 24.9. The number of fused-ring (bicyclic) bond motifs is 9. The van der Waals surface area contributed by atoms with Gasteiger partial charge in [-0.25, -0.2) is 15.2 Å². The Morgan fingerprint density at radius 1 is 1.08 bits per heavy atom. The summed E-state index contributed by atoms with van der Waals surface area (Å²) >= 11 is 1.53. The van der Waals surface area contributed by atoms with Crippen LogP contribution in [0.5, 0.6) is 11.5 Å². The number of hydrogen-bond acceptors (Lipinski definition) is 10. The van der Waals surface area contributed by atoms with E-state index in [2.05, 4.69) is 52.9 Å². The number of aromatic nitrogens is 3. The topological polar surface area (TPSA) is 119 Å². The van der Waals surface area contributed by atoms with Crippen molar-refractivity contribution in [2.45, 2.75) is 97.0 Å². The number of carboxylic acids is 1. The Morgan fingerprint density at radius 3 is 2.71 bits per heavy atom. The van der Waals surface area contributed by atoms with Crippen LogP contribution >= 0.6 is 11.3 Å². The molecule has 3 aliphatic heterocycles. The van der Waals surface area contributed by atoms with E-state index in [-0.39, 0.29) is 6.10 Å². The highest BCUT2D eigenvalue weighted by atomic mass is 32.1. The number of nitrogens with zero attached hydrogens (tertiary/aromatic N) is 4. The monoisotopic (exact) mass is 719 g/mol. The third-order valence-electron chi connectivity index (χ3n) is 10.3. The lowest BCUT2D eigenvalue weighted by atomic mass is 9.85. The van der Waals surface area contributed by atoms with E-state index in [0.717, 1.165) is 98.9 Å². The summed E-state index contributed by atoms with van der Waals surface area (Å²) in [4.78, 5) is 18.2. The normalized spacial score (nSPS) is 19.2. The van der Waals surface area contributed by atoms with Gasteiger partial charge in [0.25, 0.3) is 0 Å². The first-order valence-corrected chi connectivity index (χ1v) is 19.0. The van der Waals surface area contributed by atoms with E-state index in [1.54, 1.807) is 6.20 Å². The van der Waals surface area contributed by atoms with Crippen LogP contribution in [0.4, 0.5) is 5.69 Å². The van der Waals surface area contributed by atoms with Crippen molar-refractivity contribution in [2.75, 3.05) is 18.7 Å². The van der Waals surface area contributed by atoms with Gasteiger partial charge in [-0.3, -0.25) is 0 Å². The summed E-state index contributed by atoms with van der Waals surface area (Å²) in [6.45, 7) is 11.2. The minimum atomic E-state index is -1.18. The molecule has 11 heteroatoms. The average molecular weight is 720 g/mol. The van der Waals surface area contributed by atoms with Crippen LogP contribution in [0, 0.1) is 6.92 Å². The molecule has 3 aromatic carbocycles. The van der Waals surface area contributed by atoms with Crippen molar-refractivity contribution >= 4 is 33.2 Å². The lowest BCUT2D eigenvalue weighted by molar-refractivity contribution is -0.160. The smallest absolute Gasteiger partial charge is 0.337 e. The van der Waals surface area contributed by atoms with Crippen LogP contribution in [0.1, 0.15) is 94.1 Å². The van der Waals surface area contributed by atoms with Gasteiger partial charge in [-0.05, 0) is 119 Å². The Kier molecular flexibility index (Phi) is 8.92. The quantitative estimate of drug-likeness (QED) is 0.187. The van der Waals surface area contributed by atoms with E-state index >= 15 is 0 Å². The van der Waals surface area contributed by atoms with Crippen molar-refractivity contribution in [1.82, 2.24) is 20.6 Å². The zero-order valence-electron chi connectivity index (χ0n) is 30.6. The van der Waals surface area contributed by atoms with Gasteiger partial charge in [0, 0.05) is 41.9 Å². The van der Waals surface area contributed by atoms with E-state index < -0.39 is 17.7 Å². The number of anilines is 1. The summed E-state index contributed by atoms with van der Waals surface area (Å²) in [6, 6.07) is 14.6. The molecular weight excluding hydrogens is 675 g/mol. The van der Waals surface area contributed by atoms with E-state index in [0.29, 0.717) is 23.8 Å². The Morgan fingerprint density at radius 2 is 1.90 bits per heavy atom. The van der Waals surface area contributed by atoms with Crippen LogP contribution in [-0.4, -0.2) is 51.6 Å². The second-order valence-electron chi connectivity index (χ2n) is 15.3. The van der Waals surface area contributed by atoms with Gasteiger partial charge in [0.1, 0.15) is 16.5 Å². The van der Waals surface area contributed by atoms with Crippen molar-refractivity contribution in [3.63, 3.8) is 0 Å². The maximum Gasteiger partial charge on any atom is 0.337 e. The van der Waals surface area contributed by atoms with Crippen LogP contribution in [-0.2, 0) is 16.1 Å². The standard InChI is InChI=1S/C41H45N5O5S/c1-22-15-31-38-36(35(22)37(40(47)48)51-41(3,4)5)25-11-12-33-28(16-25)24(13-14-49-33)10-8-7-9-23(2)50-34-19-32-26(21-43-46(32)6)17-29(34)30-18-27(20-42-45-30)39(44-31)52-38/h11-12,15-20,23-24,37,43H,7-10,13-14,21H2,1-6H3,(H,47,48)/t23-,24?,37-/m0/s1. The maximum absolute atomic E-state index is 13.0. The molecule has 5 aromatic rings. The van der Waals surface area contributed by atoms with Crippen molar-refractivity contribution < 1.29 is 24.1 Å². The van der Waals surface area contributed by atoms with E-state index in [1.165, 1.54) is 22.5 Å². The number of aliphatic carboxylic acids is 1.